The Balaban J connectivity index is 0.00000294. The van der Waals surface area contributed by atoms with Crippen LogP contribution in [-0.4, -0.2) is 62.9 Å². The van der Waals surface area contributed by atoms with Gasteiger partial charge in [-0.05, 0) is 59.4 Å². The smallest absolute Gasteiger partial charge is 0.650 e. The molecule has 5 unspecified atom stereocenters. The van der Waals surface area contributed by atoms with E-state index in [9.17, 15) is 20.1 Å². The molecule has 0 aromatic heterocycles. The second-order valence-electron chi connectivity index (χ2n) is 11.7. The van der Waals surface area contributed by atoms with Crippen LogP contribution >= 0.6 is 0 Å². The first-order valence-electron chi connectivity index (χ1n) is 12.9. The summed E-state index contributed by atoms with van der Waals surface area (Å²) in [6, 6.07) is 7.16. The van der Waals surface area contributed by atoms with Gasteiger partial charge in [0, 0.05) is 23.4 Å². The molecule has 4 aliphatic heterocycles. The number of phenolic OH excluding ortho intramolecular Hbond substituents is 3. The molecule has 5 atom stereocenters. The van der Waals surface area contributed by atoms with Crippen LogP contribution in [0.1, 0.15) is 63.7 Å². The molecule has 6 rings (SSSR count). The van der Waals surface area contributed by atoms with E-state index in [1.54, 1.807) is 12.1 Å². The molecule has 0 aliphatic carbocycles. The molecule has 0 spiro atoms. The quantitative estimate of drug-likeness (QED) is 0.362. The third-order valence-corrected chi connectivity index (χ3v) is 8.45. The summed E-state index contributed by atoms with van der Waals surface area (Å²) in [5.74, 6) is -1.03. The van der Waals surface area contributed by atoms with Crippen molar-refractivity contribution in [3.05, 3.63) is 41.2 Å². The van der Waals surface area contributed by atoms with Gasteiger partial charge in [-0.15, -0.1) is 0 Å². The third kappa shape index (κ3) is 4.76. The number of fused-ring (bicyclic) bond motifs is 2. The monoisotopic (exact) mass is 516 g/mol. The van der Waals surface area contributed by atoms with Crippen LogP contribution in [0.25, 0.3) is 5.32 Å². The second-order valence-corrected chi connectivity index (χ2v) is 11.7. The molecule has 38 heavy (non-hydrogen) atoms. The van der Waals surface area contributed by atoms with Crippen LogP contribution in [0.2, 0.25) is 0 Å². The van der Waals surface area contributed by atoms with E-state index in [0.29, 0.717) is 6.10 Å². The number of phenols is 3. The van der Waals surface area contributed by atoms with Crippen molar-refractivity contribution in [3.8, 4) is 17.2 Å². The molecule has 198 valence electrons. The summed E-state index contributed by atoms with van der Waals surface area (Å²) in [4.78, 5) is 15.1. The summed E-state index contributed by atoms with van der Waals surface area (Å²) in [5, 5.41) is 35.4. The Bertz CT molecular complexity index is 1290. The Morgan fingerprint density at radius 2 is 1.50 bits per heavy atom. The summed E-state index contributed by atoms with van der Waals surface area (Å²) in [5.41, 5.74) is 0.124. The van der Waals surface area contributed by atoms with Crippen molar-refractivity contribution in [2.75, 3.05) is 11.4 Å². The van der Waals surface area contributed by atoms with Gasteiger partial charge in [-0.1, -0.05) is 23.5 Å². The van der Waals surface area contributed by atoms with Crippen LogP contribution in [0, 0.1) is 0 Å². The number of ether oxygens (including phenoxy) is 3. The van der Waals surface area contributed by atoms with Crippen molar-refractivity contribution >= 4 is 23.0 Å². The molecule has 1 amide bonds. The molecule has 4 heterocycles. The zero-order valence-electron chi connectivity index (χ0n) is 22.5. The predicted octanol–water partition coefficient (Wildman–Crippen LogP) is 2.16. The number of anilines is 1. The van der Waals surface area contributed by atoms with Gasteiger partial charge in [0.2, 0.25) is 0 Å². The molecule has 0 bridgehead atoms. The first-order valence-corrected chi connectivity index (χ1v) is 12.9. The standard InChI is InChI=1S/C28H34N2O7.Li/c1-26(2)20(35-26)8-10-27(3)21(36-27)9-11-28(4)22(37-28)14-30-17-12-15(31)13-19(33)24(17)29-23-16(25(30)34)6-5-7-18(23)32;/h5-7,12-13,20-22H,8-11,14H2,1-4H3,(H4,29,31,32,33,34);/q;+1/p-1. The average Bonchev–Trinajstić information content (AvgIpc) is 3.76. The van der Waals surface area contributed by atoms with Crippen LogP contribution in [0.4, 0.5) is 17.1 Å². The fourth-order valence-electron chi connectivity index (χ4n) is 5.64. The molecule has 10 heteroatoms. The summed E-state index contributed by atoms with van der Waals surface area (Å²) >= 11 is 0. The molecular weight excluding hydrogens is 483 g/mol. The molecule has 0 radical (unpaired) electrons. The maximum atomic E-state index is 13.6. The molecule has 3 fully saturated rings. The van der Waals surface area contributed by atoms with Crippen molar-refractivity contribution in [1.29, 1.82) is 0 Å². The zero-order valence-corrected chi connectivity index (χ0v) is 22.5. The van der Waals surface area contributed by atoms with Crippen LogP contribution in [-0.2, 0) is 14.2 Å². The number of benzene rings is 2. The minimum Gasteiger partial charge on any atom is -0.650 e. The molecular formula is C28H33LiN2O7. The van der Waals surface area contributed by atoms with E-state index in [0.717, 1.165) is 31.7 Å². The summed E-state index contributed by atoms with van der Waals surface area (Å²) in [6.45, 7) is 8.63. The van der Waals surface area contributed by atoms with Gasteiger partial charge in [0.1, 0.15) is 23.4 Å². The second kappa shape index (κ2) is 9.07. The summed E-state index contributed by atoms with van der Waals surface area (Å²) in [6.07, 6.45) is 3.86. The Kier molecular flexibility index (Phi) is 6.48. The van der Waals surface area contributed by atoms with Crippen molar-refractivity contribution in [2.45, 2.75) is 88.5 Å². The first kappa shape index (κ1) is 27.2. The molecule has 4 aliphatic rings. The average molecular weight is 517 g/mol. The summed E-state index contributed by atoms with van der Waals surface area (Å²) < 4.78 is 17.8. The molecule has 9 nitrogen and oxygen atoms in total. The van der Waals surface area contributed by atoms with Gasteiger partial charge in [-0.25, -0.2) is 0 Å². The van der Waals surface area contributed by atoms with E-state index in [1.807, 2.05) is 6.92 Å². The number of nitrogens with zero attached hydrogens (tertiary/aromatic N) is 2. The maximum Gasteiger partial charge on any atom is 1.00 e. The van der Waals surface area contributed by atoms with Crippen molar-refractivity contribution < 1.29 is 53.2 Å². The number of aromatic hydroxyl groups is 3. The van der Waals surface area contributed by atoms with E-state index in [2.05, 4.69) is 26.1 Å². The van der Waals surface area contributed by atoms with Gasteiger partial charge in [-0.3, -0.25) is 4.79 Å². The maximum absolute atomic E-state index is 13.6. The molecule has 2 aromatic carbocycles. The number of epoxide rings is 3. The van der Waals surface area contributed by atoms with Crippen LogP contribution in [0.3, 0.4) is 0 Å². The number of para-hydroxylation sites is 1. The number of carbonyl (C=O) groups is 1. The van der Waals surface area contributed by atoms with E-state index < -0.39 is 5.60 Å². The van der Waals surface area contributed by atoms with Gasteiger partial charge < -0.3 is 39.7 Å². The van der Waals surface area contributed by atoms with Gasteiger partial charge in [0.15, 0.2) is 0 Å². The van der Waals surface area contributed by atoms with E-state index in [1.165, 1.54) is 17.0 Å². The normalized spacial score (nSPS) is 31.8. The molecule has 0 saturated carbocycles. The Morgan fingerprint density at radius 3 is 2.18 bits per heavy atom. The van der Waals surface area contributed by atoms with Crippen LogP contribution < -0.4 is 23.8 Å². The van der Waals surface area contributed by atoms with E-state index >= 15 is 0 Å². The predicted molar refractivity (Wildman–Crippen MR) is 136 cm³/mol. The minimum atomic E-state index is -0.418. The molecule has 3 N–H and O–H groups in total. The third-order valence-electron chi connectivity index (χ3n) is 8.45. The number of carbonyl (C=O) groups excluding carboxylic acids is 1. The van der Waals surface area contributed by atoms with Crippen LogP contribution in [0.15, 0.2) is 30.3 Å². The van der Waals surface area contributed by atoms with Gasteiger partial charge in [0.25, 0.3) is 5.91 Å². The van der Waals surface area contributed by atoms with E-state index in [4.69, 9.17) is 14.2 Å². The number of hydrogen-bond acceptors (Lipinski definition) is 7. The van der Waals surface area contributed by atoms with Crippen molar-refractivity contribution in [1.82, 2.24) is 0 Å². The van der Waals surface area contributed by atoms with Gasteiger partial charge in [0.05, 0.1) is 35.6 Å². The fourth-order valence-corrected chi connectivity index (χ4v) is 5.64. The van der Waals surface area contributed by atoms with Crippen molar-refractivity contribution in [3.63, 3.8) is 0 Å². The molecule has 3 saturated heterocycles. The van der Waals surface area contributed by atoms with Gasteiger partial charge in [-0.2, -0.15) is 0 Å². The first-order chi connectivity index (χ1) is 17.4. The van der Waals surface area contributed by atoms with Gasteiger partial charge >= 0.3 is 18.9 Å². The Morgan fingerprint density at radius 1 is 0.868 bits per heavy atom. The Labute approximate surface area is 234 Å². The van der Waals surface area contributed by atoms with E-state index in [-0.39, 0.29) is 94.6 Å². The Hall–Kier alpha value is -2.41. The minimum absolute atomic E-state index is 0. The number of hydrogen-bond donors (Lipinski definition) is 3. The summed E-state index contributed by atoms with van der Waals surface area (Å²) in [7, 11) is 0. The number of rotatable bonds is 8. The topological polar surface area (TPSA) is 133 Å². The SMILES string of the molecule is CC1(C)OC1CCC1(C)OC1CCC1(C)OC1CN1C(=O)c2cccc(O)c2[N-]c2c(O)cc(O)cc21.[Li+]. The zero-order chi connectivity index (χ0) is 26.3. The van der Waals surface area contributed by atoms with Crippen molar-refractivity contribution in [2.24, 2.45) is 0 Å². The largest absolute Gasteiger partial charge is 1.00 e. The van der Waals surface area contributed by atoms with Crippen LogP contribution in [0.5, 0.6) is 17.2 Å². The number of amides is 1. The molecule has 2 aromatic rings. The fraction of sp³-hybridized carbons (Fsp3) is 0.536.